The second-order valence-corrected chi connectivity index (χ2v) is 5.44. The molecule has 7 nitrogen and oxygen atoms in total. The van der Waals surface area contributed by atoms with Gasteiger partial charge in [0, 0.05) is 6.54 Å². The Hall–Kier alpha value is -1.63. The summed E-state index contributed by atoms with van der Waals surface area (Å²) in [5.74, 6) is -2.18. The van der Waals surface area contributed by atoms with Gasteiger partial charge in [0.2, 0.25) is 5.91 Å². The van der Waals surface area contributed by atoms with E-state index in [1.165, 1.54) is 4.90 Å². The summed E-state index contributed by atoms with van der Waals surface area (Å²) < 4.78 is 0. The highest BCUT2D eigenvalue weighted by molar-refractivity contribution is 5.88. The van der Waals surface area contributed by atoms with Gasteiger partial charge >= 0.3 is 11.9 Å². The van der Waals surface area contributed by atoms with E-state index in [1.54, 1.807) is 11.8 Å². The van der Waals surface area contributed by atoms with Gasteiger partial charge in [0.25, 0.3) is 0 Å². The van der Waals surface area contributed by atoms with Crippen molar-refractivity contribution in [2.75, 3.05) is 13.1 Å². The molecule has 2 aliphatic heterocycles. The van der Waals surface area contributed by atoms with E-state index in [2.05, 4.69) is 0 Å². The minimum atomic E-state index is -0.987. The number of likely N-dealkylation sites (tertiary alicyclic amines) is 2. The predicted octanol–water partition coefficient (Wildman–Crippen LogP) is -0.000500. The number of nitrogens with zero attached hydrogens (tertiary/aromatic N) is 2. The summed E-state index contributed by atoms with van der Waals surface area (Å²) in [7, 11) is 0. The number of amides is 1. The van der Waals surface area contributed by atoms with Crippen LogP contribution in [0.5, 0.6) is 0 Å². The Bertz CT molecular complexity index is 425. The number of carbonyl (C=O) groups is 3. The molecule has 20 heavy (non-hydrogen) atoms. The van der Waals surface area contributed by atoms with Crippen LogP contribution in [-0.4, -0.2) is 69.1 Å². The molecule has 0 spiro atoms. The van der Waals surface area contributed by atoms with Gasteiger partial charge < -0.3 is 15.1 Å². The Morgan fingerprint density at radius 3 is 2.15 bits per heavy atom. The van der Waals surface area contributed by atoms with E-state index >= 15 is 0 Å². The second-order valence-electron chi connectivity index (χ2n) is 5.44. The van der Waals surface area contributed by atoms with Crippen LogP contribution in [0.3, 0.4) is 0 Å². The zero-order valence-corrected chi connectivity index (χ0v) is 11.5. The Morgan fingerprint density at radius 1 is 1.00 bits per heavy atom. The number of carboxylic acids is 2. The first-order valence-electron chi connectivity index (χ1n) is 6.95. The lowest BCUT2D eigenvalue weighted by atomic mass is 10.1. The highest BCUT2D eigenvalue weighted by Gasteiger charge is 2.41. The van der Waals surface area contributed by atoms with Gasteiger partial charge in [0.05, 0.1) is 6.04 Å². The van der Waals surface area contributed by atoms with Crippen molar-refractivity contribution in [3.63, 3.8) is 0 Å². The van der Waals surface area contributed by atoms with Crippen LogP contribution in [0, 0.1) is 0 Å². The van der Waals surface area contributed by atoms with Gasteiger partial charge in [0.15, 0.2) is 0 Å². The molecule has 0 aromatic carbocycles. The SMILES string of the molecule is CC(C(=O)N1CCCC1C(=O)O)N1CCCC1C(=O)O. The fourth-order valence-corrected chi connectivity index (χ4v) is 3.19. The smallest absolute Gasteiger partial charge is 0.326 e. The van der Waals surface area contributed by atoms with Gasteiger partial charge in [-0.15, -0.1) is 0 Å². The van der Waals surface area contributed by atoms with E-state index in [4.69, 9.17) is 10.2 Å². The summed E-state index contributed by atoms with van der Waals surface area (Å²) in [6, 6.07) is -1.99. The Kier molecular flexibility index (Phi) is 4.27. The molecule has 112 valence electrons. The summed E-state index contributed by atoms with van der Waals surface area (Å²) in [6.07, 6.45) is 2.43. The van der Waals surface area contributed by atoms with E-state index in [0.717, 1.165) is 6.42 Å². The highest BCUT2D eigenvalue weighted by atomic mass is 16.4. The molecule has 1 amide bonds. The molecule has 0 bridgehead atoms. The molecular formula is C13H20N2O5. The average Bonchev–Trinajstić information content (AvgIpc) is 3.05. The van der Waals surface area contributed by atoms with Crippen molar-refractivity contribution in [3.8, 4) is 0 Å². The number of aliphatic carboxylic acids is 2. The van der Waals surface area contributed by atoms with Gasteiger partial charge in [0.1, 0.15) is 12.1 Å². The molecule has 0 aliphatic carbocycles. The van der Waals surface area contributed by atoms with Crippen molar-refractivity contribution >= 4 is 17.8 Å². The zero-order valence-electron chi connectivity index (χ0n) is 11.5. The van der Waals surface area contributed by atoms with E-state index in [0.29, 0.717) is 32.4 Å². The van der Waals surface area contributed by atoms with E-state index in [-0.39, 0.29) is 5.91 Å². The van der Waals surface area contributed by atoms with Crippen LogP contribution < -0.4 is 0 Å². The first-order chi connectivity index (χ1) is 9.43. The van der Waals surface area contributed by atoms with Crippen molar-refractivity contribution in [1.29, 1.82) is 0 Å². The minimum Gasteiger partial charge on any atom is -0.480 e. The van der Waals surface area contributed by atoms with Crippen LogP contribution in [-0.2, 0) is 14.4 Å². The molecular weight excluding hydrogens is 264 g/mol. The van der Waals surface area contributed by atoms with E-state index in [9.17, 15) is 14.4 Å². The zero-order chi connectivity index (χ0) is 14.9. The molecule has 2 fully saturated rings. The van der Waals surface area contributed by atoms with Gasteiger partial charge in [-0.3, -0.25) is 14.5 Å². The van der Waals surface area contributed by atoms with Crippen LogP contribution in [0.15, 0.2) is 0 Å². The lowest BCUT2D eigenvalue weighted by Crippen LogP contribution is -2.53. The fourth-order valence-electron chi connectivity index (χ4n) is 3.19. The van der Waals surface area contributed by atoms with Crippen LogP contribution in [0.25, 0.3) is 0 Å². The predicted molar refractivity (Wildman–Crippen MR) is 69.2 cm³/mol. The van der Waals surface area contributed by atoms with Crippen molar-refractivity contribution in [2.24, 2.45) is 0 Å². The molecule has 2 rings (SSSR count). The largest absolute Gasteiger partial charge is 0.480 e. The van der Waals surface area contributed by atoms with E-state index < -0.39 is 30.1 Å². The first kappa shape index (κ1) is 14.8. The molecule has 0 aromatic rings. The third kappa shape index (κ3) is 2.63. The van der Waals surface area contributed by atoms with Crippen LogP contribution in [0.4, 0.5) is 0 Å². The average molecular weight is 284 g/mol. The third-order valence-corrected chi connectivity index (χ3v) is 4.26. The maximum Gasteiger partial charge on any atom is 0.326 e. The van der Waals surface area contributed by atoms with Gasteiger partial charge in [-0.25, -0.2) is 4.79 Å². The number of hydrogen-bond acceptors (Lipinski definition) is 4. The summed E-state index contributed by atoms with van der Waals surface area (Å²) in [6.45, 7) is 2.67. The Morgan fingerprint density at radius 2 is 1.55 bits per heavy atom. The molecule has 2 N–H and O–H groups in total. The summed E-state index contributed by atoms with van der Waals surface area (Å²) in [5, 5.41) is 18.3. The number of rotatable bonds is 4. The molecule has 0 radical (unpaired) electrons. The monoisotopic (exact) mass is 284 g/mol. The standard InChI is InChI=1S/C13H20N2O5/c1-8(14-6-2-4-9(14)12(17)18)11(16)15-7-3-5-10(15)13(19)20/h8-10H,2-7H2,1H3,(H,17,18)(H,19,20). The third-order valence-electron chi connectivity index (χ3n) is 4.26. The molecule has 0 aromatic heterocycles. The van der Waals surface area contributed by atoms with Gasteiger partial charge in [-0.2, -0.15) is 0 Å². The fraction of sp³-hybridized carbons (Fsp3) is 0.769. The Labute approximate surface area is 117 Å². The van der Waals surface area contributed by atoms with Crippen LogP contribution in [0.1, 0.15) is 32.6 Å². The Balaban J connectivity index is 2.08. The van der Waals surface area contributed by atoms with Crippen LogP contribution in [0.2, 0.25) is 0 Å². The molecule has 2 aliphatic rings. The topological polar surface area (TPSA) is 98.2 Å². The maximum atomic E-state index is 12.4. The van der Waals surface area contributed by atoms with Crippen molar-refractivity contribution in [2.45, 2.75) is 50.7 Å². The quantitative estimate of drug-likeness (QED) is 0.754. The van der Waals surface area contributed by atoms with Crippen molar-refractivity contribution in [1.82, 2.24) is 9.80 Å². The van der Waals surface area contributed by atoms with Crippen molar-refractivity contribution in [3.05, 3.63) is 0 Å². The molecule has 3 unspecified atom stereocenters. The van der Waals surface area contributed by atoms with Crippen molar-refractivity contribution < 1.29 is 24.6 Å². The molecule has 2 saturated heterocycles. The molecule has 0 saturated carbocycles. The normalized spacial score (nSPS) is 28.6. The van der Waals surface area contributed by atoms with Gasteiger partial charge in [-0.1, -0.05) is 0 Å². The molecule has 3 atom stereocenters. The molecule has 2 heterocycles. The first-order valence-corrected chi connectivity index (χ1v) is 6.95. The van der Waals surface area contributed by atoms with Gasteiger partial charge in [-0.05, 0) is 39.2 Å². The maximum absolute atomic E-state index is 12.4. The second kappa shape index (κ2) is 5.78. The molecule has 7 heteroatoms. The highest BCUT2D eigenvalue weighted by Crippen LogP contribution is 2.24. The number of carboxylic acid groups (broad SMARTS) is 2. The van der Waals surface area contributed by atoms with E-state index in [1.807, 2.05) is 0 Å². The van der Waals surface area contributed by atoms with Crippen LogP contribution >= 0.6 is 0 Å². The summed E-state index contributed by atoms with van der Waals surface area (Å²) in [5.41, 5.74) is 0. The lowest BCUT2D eigenvalue weighted by Gasteiger charge is -2.32. The lowest BCUT2D eigenvalue weighted by molar-refractivity contribution is -0.152. The summed E-state index contributed by atoms with van der Waals surface area (Å²) >= 11 is 0. The summed E-state index contributed by atoms with van der Waals surface area (Å²) in [4.78, 5) is 37.8. The number of carbonyl (C=O) groups excluding carboxylic acids is 1. The minimum absolute atomic E-state index is 0.275. The number of hydrogen-bond donors (Lipinski definition) is 2.